The second-order valence-electron chi connectivity index (χ2n) is 7.86. The van der Waals surface area contributed by atoms with Gasteiger partial charge in [0.25, 0.3) is 0 Å². The van der Waals surface area contributed by atoms with E-state index in [1.54, 1.807) is 0 Å². The normalized spacial score (nSPS) is 11.2. The number of aromatic nitrogens is 3. The second-order valence-corrected chi connectivity index (χ2v) is 7.86. The van der Waals surface area contributed by atoms with Gasteiger partial charge in [-0.25, -0.2) is 4.85 Å². The Balaban J connectivity index is 1.98. The van der Waals surface area contributed by atoms with Crippen LogP contribution >= 0.6 is 0 Å². The molecular formula is C25H26N4+2. The van der Waals surface area contributed by atoms with Crippen molar-refractivity contribution in [3.05, 3.63) is 83.6 Å². The third-order valence-electron chi connectivity index (χ3n) is 5.65. The van der Waals surface area contributed by atoms with Gasteiger partial charge in [-0.05, 0) is 38.3 Å². The molecule has 0 aliphatic rings. The monoisotopic (exact) mass is 382 g/mol. The van der Waals surface area contributed by atoms with Gasteiger partial charge in [0.15, 0.2) is 29.8 Å². The molecule has 0 unspecified atom stereocenters. The smallest absolute Gasteiger partial charge is 0.204 e. The molecule has 0 aliphatic carbocycles. The number of nitrogens with zero attached hydrogens (tertiary/aromatic N) is 4. The first-order valence-electron chi connectivity index (χ1n) is 9.91. The summed E-state index contributed by atoms with van der Waals surface area (Å²) in [6, 6.07) is 17.1. The quantitative estimate of drug-likeness (QED) is 0.344. The lowest BCUT2D eigenvalue weighted by atomic mass is 10.0. The van der Waals surface area contributed by atoms with Crippen LogP contribution in [0.2, 0.25) is 0 Å². The van der Waals surface area contributed by atoms with Gasteiger partial charge in [-0.3, -0.25) is 0 Å². The predicted octanol–water partition coefficient (Wildman–Crippen LogP) is 5.16. The Morgan fingerprint density at radius 3 is 2.38 bits per heavy atom. The van der Waals surface area contributed by atoms with Crippen LogP contribution in [0.3, 0.4) is 0 Å². The molecule has 0 saturated heterocycles. The van der Waals surface area contributed by atoms with Crippen molar-refractivity contribution in [1.82, 2.24) is 4.68 Å². The molecule has 0 fully saturated rings. The summed E-state index contributed by atoms with van der Waals surface area (Å²) in [5.74, 6) is 0. The Kier molecular flexibility index (Phi) is 4.68. The Labute approximate surface area is 172 Å². The zero-order valence-corrected chi connectivity index (χ0v) is 17.6. The van der Waals surface area contributed by atoms with Gasteiger partial charge in [0.05, 0.1) is 13.6 Å². The third-order valence-corrected chi connectivity index (χ3v) is 5.65. The molecule has 0 amide bonds. The molecule has 2 heterocycles. The molecule has 0 bridgehead atoms. The predicted molar refractivity (Wildman–Crippen MR) is 116 cm³/mol. The number of rotatable bonds is 3. The molecule has 2 aromatic heterocycles. The standard InChI is InChI=1S/C25H26N4/c1-17(2)29-12-11-24(27(29)6)23-14-22(26-5)15-25(19(23)4)28-16-21-10-8-7-9-20(21)13-18(28)3/h7-17H,1-4,6H3/q+2. The fourth-order valence-electron chi connectivity index (χ4n) is 4.08. The minimum atomic E-state index is 0.370. The molecule has 4 nitrogen and oxygen atoms in total. The number of hydrogen-bond donors (Lipinski definition) is 0. The largest absolute Gasteiger partial charge is 0.238 e. The maximum atomic E-state index is 7.65. The van der Waals surface area contributed by atoms with Crippen molar-refractivity contribution in [2.24, 2.45) is 7.05 Å². The Bertz CT molecular complexity index is 1270. The minimum absolute atomic E-state index is 0.370. The van der Waals surface area contributed by atoms with Gasteiger partial charge in [-0.2, -0.15) is 9.25 Å². The fraction of sp³-hybridized carbons (Fsp3) is 0.240. The number of pyridine rings is 1. The van der Waals surface area contributed by atoms with E-state index in [-0.39, 0.29) is 0 Å². The lowest BCUT2D eigenvalue weighted by Crippen LogP contribution is -2.43. The van der Waals surface area contributed by atoms with Crippen LogP contribution in [0.5, 0.6) is 0 Å². The van der Waals surface area contributed by atoms with Gasteiger partial charge >= 0.3 is 0 Å². The molecule has 0 atom stereocenters. The molecule has 0 radical (unpaired) electrons. The molecule has 29 heavy (non-hydrogen) atoms. The summed E-state index contributed by atoms with van der Waals surface area (Å²) in [7, 11) is 2.08. The van der Waals surface area contributed by atoms with Gasteiger partial charge in [0.2, 0.25) is 5.69 Å². The van der Waals surface area contributed by atoms with Crippen molar-refractivity contribution >= 4 is 16.5 Å². The summed E-state index contributed by atoms with van der Waals surface area (Å²) >= 11 is 0. The van der Waals surface area contributed by atoms with E-state index in [1.165, 1.54) is 10.8 Å². The molecule has 0 spiro atoms. The van der Waals surface area contributed by atoms with E-state index < -0.39 is 0 Å². The molecule has 0 saturated carbocycles. The number of aryl methyl sites for hydroxylation is 1. The van der Waals surface area contributed by atoms with Crippen LogP contribution in [0.15, 0.2) is 60.9 Å². The molecular weight excluding hydrogens is 356 g/mol. The fourth-order valence-corrected chi connectivity index (χ4v) is 4.08. The van der Waals surface area contributed by atoms with E-state index in [1.807, 2.05) is 12.1 Å². The molecule has 0 N–H and O–H groups in total. The van der Waals surface area contributed by atoms with E-state index in [0.717, 1.165) is 28.2 Å². The van der Waals surface area contributed by atoms with Crippen LogP contribution in [-0.2, 0) is 7.05 Å². The Morgan fingerprint density at radius 2 is 1.72 bits per heavy atom. The number of fused-ring (bicyclic) bond motifs is 1. The van der Waals surface area contributed by atoms with E-state index in [4.69, 9.17) is 6.57 Å². The minimum Gasteiger partial charge on any atom is -0.238 e. The van der Waals surface area contributed by atoms with Gasteiger partial charge in [0.1, 0.15) is 5.69 Å². The van der Waals surface area contributed by atoms with Crippen molar-refractivity contribution in [1.29, 1.82) is 0 Å². The van der Waals surface area contributed by atoms with E-state index in [0.29, 0.717) is 11.7 Å². The van der Waals surface area contributed by atoms with Crippen molar-refractivity contribution < 1.29 is 9.25 Å². The van der Waals surface area contributed by atoms with Gasteiger partial charge in [-0.15, -0.1) is 4.68 Å². The second kappa shape index (κ2) is 7.18. The van der Waals surface area contributed by atoms with Crippen LogP contribution in [0.1, 0.15) is 31.1 Å². The molecule has 4 aromatic rings. The lowest BCUT2D eigenvalue weighted by Gasteiger charge is -2.11. The van der Waals surface area contributed by atoms with E-state index >= 15 is 0 Å². The summed E-state index contributed by atoms with van der Waals surface area (Å²) in [6.45, 7) is 16.3. The highest BCUT2D eigenvalue weighted by atomic mass is 15.4. The van der Waals surface area contributed by atoms with Crippen LogP contribution in [-0.4, -0.2) is 4.68 Å². The topological polar surface area (TPSA) is 17.1 Å². The average Bonchev–Trinajstić information content (AvgIpc) is 3.09. The lowest BCUT2D eigenvalue weighted by molar-refractivity contribution is -0.789. The molecule has 144 valence electrons. The van der Waals surface area contributed by atoms with Crippen LogP contribution < -0.4 is 9.25 Å². The first kappa shape index (κ1) is 18.9. The van der Waals surface area contributed by atoms with E-state index in [2.05, 4.69) is 102 Å². The first-order chi connectivity index (χ1) is 13.9. The number of hydrogen-bond acceptors (Lipinski definition) is 0. The highest BCUT2D eigenvalue weighted by Gasteiger charge is 2.23. The summed E-state index contributed by atoms with van der Waals surface area (Å²) in [4.78, 5) is 3.77. The van der Waals surface area contributed by atoms with Crippen LogP contribution in [0.25, 0.3) is 32.6 Å². The third kappa shape index (κ3) is 3.19. The molecule has 4 rings (SSSR count). The first-order valence-corrected chi connectivity index (χ1v) is 9.91. The summed E-state index contributed by atoms with van der Waals surface area (Å²) < 4.78 is 6.57. The Morgan fingerprint density at radius 1 is 1.00 bits per heavy atom. The van der Waals surface area contributed by atoms with Crippen molar-refractivity contribution in [3.63, 3.8) is 0 Å². The van der Waals surface area contributed by atoms with Crippen LogP contribution in [0, 0.1) is 20.4 Å². The summed E-state index contributed by atoms with van der Waals surface area (Å²) in [6.07, 6.45) is 4.28. The van der Waals surface area contributed by atoms with Crippen LogP contribution in [0.4, 0.5) is 5.69 Å². The highest BCUT2D eigenvalue weighted by Crippen LogP contribution is 2.31. The maximum Gasteiger partial charge on any atom is 0.204 e. The summed E-state index contributed by atoms with van der Waals surface area (Å²) in [5.41, 5.74) is 6.21. The van der Waals surface area contributed by atoms with Gasteiger partial charge < -0.3 is 0 Å². The van der Waals surface area contributed by atoms with Crippen molar-refractivity contribution in [3.8, 4) is 16.9 Å². The molecule has 2 aromatic carbocycles. The highest BCUT2D eigenvalue weighted by molar-refractivity contribution is 5.81. The van der Waals surface area contributed by atoms with E-state index in [9.17, 15) is 0 Å². The van der Waals surface area contributed by atoms with Gasteiger partial charge in [0, 0.05) is 41.6 Å². The molecule has 4 heteroatoms. The number of benzene rings is 2. The molecule has 0 aliphatic heterocycles. The van der Waals surface area contributed by atoms with Gasteiger partial charge in [-0.1, -0.05) is 18.2 Å². The summed E-state index contributed by atoms with van der Waals surface area (Å²) in [5, 5.41) is 2.41. The van der Waals surface area contributed by atoms with Crippen molar-refractivity contribution in [2.45, 2.75) is 33.7 Å². The SMILES string of the molecule is [C-]#[N+]c1cc(-c2cc[n+](C(C)C)n2C)c(C)c(-[n+]2cc3ccccc3cc2C)c1. The maximum absolute atomic E-state index is 7.65. The van der Waals surface area contributed by atoms with Crippen molar-refractivity contribution in [2.75, 3.05) is 0 Å². The average molecular weight is 383 g/mol. The zero-order chi connectivity index (χ0) is 20.7. The Hall–Kier alpha value is -3.45. The zero-order valence-electron chi connectivity index (χ0n) is 17.6.